The van der Waals surface area contributed by atoms with Crippen LogP contribution in [0, 0.1) is 14.7 Å². The SMILES string of the molecule is O=Nc1ccc(-c2cc(-c3ccc(N=O)cc3)cc(-c3ccc(N=O)cc3)c2)cc1. The average Bonchev–Trinajstić information content (AvgIpc) is 2.84. The van der Waals surface area contributed by atoms with E-state index in [9.17, 15) is 14.7 Å². The van der Waals surface area contributed by atoms with Crippen LogP contribution in [0.25, 0.3) is 33.4 Å². The molecule has 30 heavy (non-hydrogen) atoms. The normalized spacial score (nSPS) is 10.4. The predicted molar refractivity (Wildman–Crippen MR) is 119 cm³/mol. The van der Waals surface area contributed by atoms with E-state index in [1.807, 2.05) is 54.6 Å². The van der Waals surface area contributed by atoms with Crippen molar-refractivity contribution in [3.05, 3.63) is 106 Å². The summed E-state index contributed by atoms with van der Waals surface area (Å²) in [5.74, 6) is 0. The molecule has 0 spiro atoms. The fourth-order valence-corrected chi connectivity index (χ4v) is 3.27. The summed E-state index contributed by atoms with van der Waals surface area (Å²) in [4.78, 5) is 32.2. The molecule has 0 bridgehead atoms. The van der Waals surface area contributed by atoms with Gasteiger partial charge >= 0.3 is 0 Å². The molecule has 4 aromatic carbocycles. The summed E-state index contributed by atoms with van der Waals surface area (Å²) in [5.41, 5.74) is 6.76. The first-order valence-corrected chi connectivity index (χ1v) is 9.16. The molecule has 0 saturated carbocycles. The molecule has 144 valence electrons. The minimum Gasteiger partial charge on any atom is -0.145 e. The predicted octanol–water partition coefficient (Wildman–Crippen LogP) is 7.88. The number of nitrogens with zero attached hydrogens (tertiary/aromatic N) is 3. The van der Waals surface area contributed by atoms with E-state index in [0.717, 1.165) is 33.4 Å². The van der Waals surface area contributed by atoms with Crippen LogP contribution in [-0.2, 0) is 0 Å². The van der Waals surface area contributed by atoms with Crippen LogP contribution in [0.4, 0.5) is 17.1 Å². The molecule has 4 rings (SSSR count). The van der Waals surface area contributed by atoms with E-state index in [0.29, 0.717) is 17.1 Å². The number of hydrogen-bond acceptors (Lipinski definition) is 6. The van der Waals surface area contributed by atoms with Crippen molar-refractivity contribution in [2.24, 2.45) is 15.5 Å². The lowest BCUT2D eigenvalue weighted by Gasteiger charge is -2.11. The van der Waals surface area contributed by atoms with Crippen LogP contribution < -0.4 is 0 Å². The Hall–Kier alpha value is -4.32. The summed E-state index contributed by atoms with van der Waals surface area (Å²) in [7, 11) is 0. The number of rotatable bonds is 6. The quantitative estimate of drug-likeness (QED) is 0.312. The summed E-state index contributed by atoms with van der Waals surface area (Å²) in [6, 6.07) is 27.2. The zero-order valence-electron chi connectivity index (χ0n) is 15.7. The van der Waals surface area contributed by atoms with Gasteiger partial charge in [-0.15, -0.1) is 14.7 Å². The Morgan fingerprint density at radius 2 is 0.567 bits per heavy atom. The van der Waals surface area contributed by atoms with Crippen molar-refractivity contribution in [1.82, 2.24) is 0 Å². The molecule has 0 amide bonds. The van der Waals surface area contributed by atoms with Gasteiger partial charge in [-0.2, -0.15) is 0 Å². The third-order valence-electron chi connectivity index (χ3n) is 4.85. The molecule has 0 fully saturated rings. The van der Waals surface area contributed by atoms with Gasteiger partial charge in [0.2, 0.25) is 0 Å². The van der Waals surface area contributed by atoms with Crippen molar-refractivity contribution in [3.8, 4) is 33.4 Å². The van der Waals surface area contributed by atoms with Gasteiger partial charge in [0.25, 0.3) is 0 Å². The third kappa shape index (κ3) is 3.93. The maximum absolute atomic E-state index is 10.7. The second-order valence-electron chi connectivity index (χ2n) is 6.71. The highest BCUT2D eigenvalue weighted by molar-refractivity contribution is 5.82. The number of benzene rings is 4. The van der Waals surface area contributed by atoms with E-state index in [1.165, 1.54) is 0 Å². The first-order valence-electron chi connectivity index (χ1n) is 9.16. The Balaban J connectivity index is 1.86. The molecule has 0 unspecified atom stereocenters. The van der Waals surface area contributed by atoms with Gasteiger partial charge in [0.1, 0.15) is 17.1 Å². The molecule has 0 heterocycles. The molecular formula is C24H15N3O3. The lowest BCUT2D eigenvalue weighted by atomic mass is 9.93. The van der Waals surface area contributed by atoms with Gasteiger partial charge in [0.15, 0.2) is 0 Å². The van der Waals surface area contributed by atoms with Crippen LogP contribution in [0.2, 0.25) is 0 Å². The van der Waals surface area contributed by atoms with Crippen LogP contribution in [0.3, 0.4) is 0 Å². The summed E-state index contributed by atoms with van der Waals surface area (Å²) in [6.07, 6.45) is 0. The minimum absolute atomic E-state index is 0.365. The zero-order chi connectivity index (χ0) is 20.9. The van der Waals surface area contributed by atoms with E-state index in [2.05, 4.69) is 15.5 Å². The maximum Gasteiger partial charge on any atom is 0.108 e. The van der Waals surface area contributed by atoms with Crippen molar-refractivity contribution in [2.75, 3.05) is 0 Å². The van der Waals surface area contributed by atoms with Crippen LogP contribution in [0.15, 0.2) is 107 Å². The largest absolute Gasteiger partial charge is 0.145 e. The first-order chi connectivity index (χ1) is 14.7. The van der Waals surface area contributed by atoms with E-state index in [-0.39, 0.29) is 0 Å². The highest BCUT2D eigenvalue weighted by Gasteiger charge is 2.08. The van der Waals surface area contributed by atoms with Gasteiger partial charge in [0, 0.05) is 0 Å². The molecule has 0 radical (unpaired) electrons. The Bertz CT molecular complexity index is 1050. The second-order valence-corrected chi connectivity index (χ2v) is 6.71. The van der Waals surface area contributed by atoms with Gasteiger partial charge in [-0.05, 0) is 104 Å². The summed E-state index contributed by atoms with van der Waals surface area (Å²) in [6.45, 7) is 0. The summed E-state index contributed by atoms with van der Waals surface area (Å²) in [5, 5.41) is 8.85. The minimum atomic E-state index is 0.365. The Morgan fingerprint density at radius 1 is 0.333 bits per heavy atom. The smallest absolute Gasteiger partial charge is 0.108 e. The Morgan fingerprint density at radius 3 is 0.767 bits per heavy atom. The van der Waals surface area contributed by atoms with Crippen molar-refractivity contribution < 1.29 is 0 Å². The Labute approximate surface area is 172 Å². The molecule has 0 N–H and O–H groups in total. The van der Waals surface area contributed by atoms with Crippen molar-refractivity contribution in [1.29, 1.82) is 0 Å². The topological polar surface area (TPSA) is 88.3 Å². The highest BCUT2D eigenvalue weighted by Crippen LogP contribution is 2.34. The standard InChI is InChI=1S/C24H15N3O3/c28-25-22-7-1-16(2-8-22)19-13-20(17-3-9-23(26-29)10-4-17)15-21(14-19)18-5-11-24(27-30)12-6-18/h1-15H. The van der Waals surface area contributed by atoms with Gasteiger partial charge in [-0.1, -0.05) is 36.4 Å². The van der Waals surface area contributed by atoms with Crippen LogP contribution in [-0.4, -0.2) is 0 Å². The monoisotopic (exact) mass is 393 g/mol. The second kappa shape index (κ2) is 8.36. The highest BCUT2D eigenvalue weighted by atomic mass is 16.3. The van der Waals surface area contributed by atoms with E-state index >= 15 is 0 Å². The fraction of sp³-hybridized carbons (Fsp3) is 0. The first kappa shape index (κ1) is 19.0. The molecule has 0 aliphatic rings. The zero-order valence-corrected chi connectivity index (χ0v) is 15.7. The third-order valence-corrected chi connectivity index (χ3v) is 4.85. The van der Waals surface area contributed by atoms with Crippen molar-refractivity contribution in [3.63, 3.8) is 0 Å². The van der Waals surface area contributed by atoms with Crippen LogP contribution in [0.1, 0.15) is 0 Å². The lowest BCUT2D eigenvalue weighted by molar-refractivity contribution is 1.48. The van der Waals surface area contributed by atoms with Crippen molar-refractivity contribution in [2.45, 2.75) is 0 Å². The van der Waals surface area contributed by atoms with Gasteiger partial charge in [-0.25, -0.2) is 0 Å². The molecule has 0 atom stereocenters. The molecule has 0 aliphatic carbocycles. The van der Waals surface area contributed by atoms with Crippen molar-refractivity contribution >= 4 is 17.1 Å². The van der Waals surface area contributed by atoms with Gasteiger partial charge < -0.3 is 0 Å². The molecular weight excluding hydrogens is 378 g/mol. The number of nitroso groups, excluding NO2 is 3. The molecule has 6 heteroatoms. The van der Waals surface area contributed by atoms with Crippen LogP contribution in [0.5, 0.6) is 0 Å². The van der Waals surface area contributed by atoms with E-state index in [1.54, 1.807) is 36.4 Å². The molecule has 4 aromatic rings. The van der Waals surface area contributed by atoms with Crippen LogP contribution >= 0.6 is 0 Å². The molecule has 0 saturated heterocycles. The van der Waals surface area contributed by atoms with E-state index < -0.39 is 0 Å². The molecule has 0 aliphatic heterocycles. The average molecular weight is 393 g/mol. The number of hydrogen-bond donors (Lipinski definition) is 0. The molecule has 0 aromatic heterocycles. The summed E-state index contributed by atoms with van der Waals surface area (Å²) < 4.78 is 0. The lowest BCUT2D eigenvalue weighted by Crippen LogP contribution is -1.86. The summed E-state index contributed by atoms with van der Waals surface area (Å²) >= 11 is 0. The molecule has 6 nitrogen and oxygen atoms in total. The van der Waals surface area contributed by atoms with Gasteiger partial charge in [-0.3, -0.25) is 0 Å². The Kier molecular flexibility index (Phi) is 5.30. The van der Waals surface area contributed by atoms with E-state index in [4.69, 9.17) is 0 Å². The van der Waals surface area contributed by atoms with Gasteiger partial charge in [0.05, 0.1) is 0 Å². The maximum atomic E-state index is 10.7. The fourth-order valence-electron chi connectivity index (χ4n) is 3.27.